The van der Waals surface area contributed by atoms with Crippen molar-refractivity contribution in [2.24, 2.45) is 0 Å². The van der Waals surface area contributed by atoms with Gasteiger partial charge in [0.15, 0.2) is 0 Å². The Hall–Kier alpha value is -0.600. The summed E-state index contributed by atoms with van der Waals surface area (Å²) in [5, 5.41) is 0. The minimum atomic E-state index is 0.464. The van der Waals surface area contributed by atoms with E-state index in [2.05, 4.69) is 53.2 Å². The third-order valence-electron chi connectivity index (χ3n) is 3.86. The average molecular weight is 335 g/mol. The molecule has 0 saturated carbocycles. The molecule has 0 fully saturated rings. The summed E-state index contributed by atoms with van der Waals surface area (Å²) in [7, 11) is 0. The van der Waals surface area contributed by atoms with Gasteiger partial charge in [0.25, 0.3) is 0 Å². The molecule has 1 aromatic heterocycles. The quantitative estimate of drug-likeness (QED) is 0.639. The van der Waals surface area contributed by atoms with Crippen LogP contribution in [0.15, 0.2) is 30.3 Å². The summed E-state index contributed by atoms with van der Waals surface area (Å²) < 4.78 is 0. The summed E-state index contributed by atoms with van der Waals surface area (Å²) in [6, 6.07) is 11.3. The van der Waals surface area contributed by atoms with Gasteiger partial charge in [-0.2, -0.15) is 0 Å². The number of thiophene rings is 1. The Labute approximate surface area is 128 Å². The van der Waals surface area contributed by atoms with Gasteiger partial charge in [-0.05, 0) is 56.2 Å². The summed E-state index contributed by atoms with van der Waals surface area (Å²) in [6.45, 7) is 2.14. The highest BCUT2D eigenvalue weighted by atomic mass is 79.9. The second-order valence-electron chi connectivity index (χ2n) is 5.46. The van der Waals surface area contributed by atoms with Crippen LogP contribution in [-0.4, -0.2) is 0 Å². The molecule has 0 N–H and O–H groups in total. The van der Waals surface area contributed by atoms with E-state index in [1.54, 1.807) is 10.4 Å². The van der Waals surface area contributed by atoms with E-state index >= 15 is 0 Å². The summed E-state index contributed by atoms with van der Waals surface area (Å²) in [6.07, 6.45) is 6.41. The second kappa shape index (κ2) is 5.80. The number of aryl methyl sites for hydroxylation is 3. The zero-order valence-corrected chi connectivity index (χ0v) is 13.7. The SMILES string of the molecule is Cc1ccc(CC(Br)c2cc3c(s2)CCCC3)cc1. The number of fused-ring (bicyclic) bond motifs is 1. The molecular formula is C17H19BrS. The first-order valence-corrected chi connectivity index (χ1v) is 8.76. The molecule has 0 spiro atoms. The van der Waals surface area contributed by atoms with Crippen LogP contribution < -0.4 is 0 Å². The monoisotopic (exact) mass is 334 g/mol. The van der Waals surface area contributed by atoms with E-state index in [0.717, 1.165) is 6.42 Å². The zero-order chi connectivity index (χ0) is 13.2. The van der Waals surface area contributed by atoms with Gasteiger partial charge in [0.05, 0.1) is 4.83 Å². The first kappa shape index (κ1) is 13.4. The fourth-order valence-electron chi connectivity index (χ4n) is 2.70. The molecule has 1 aliphatic carbocycles. The first-order valence-electron chi connectivity index (χ1n) is 7.03. The number of alkyl halides is 1. The minimum Gasteiger partial charge on any atom is -0.144 e. The van der Waals surface area contributed by atoms with Crippen LogP contribution in [-0.2, 0) is 19.3 Å². The lowest BCUT2D eigenvalue weighted by Crippen LogP contribution is -1.96. The molecular weight excluding hydrogens is 316 g/mol. The van der Waals surface area contributed by atoms with Crippen molar-refractivity contribution in [2.45, 2.75) is 43.9 Å². The summed E-state index contributed by atoms with van der Waals surface area (Å²) in [5.41, 5.74) is 4.36. The van der Waals surface area contributed by atoms with Crippen LogP contribution in [0.3, 0.4) is 0 Å². The molecule has 1 aromatic carbocycles. The number of halogens is 1. The molecule has 19 heavy (non-hydrogen) atoms. The number of benzene rings is 1. The Bertz CT molecular complexity index is 530. The number of rotatable bonds is 3. The lowest BCUT2D eigenvalue weighted by Gasteiger charge is -2.08. The minimum absolute atomic E-state index is 0.464. The van der Waals surface area contributed by atoms with Crippen molar-refractivity contribution in [1.29, 1.82) is 0 Å². The van der Waals surface area contributed by atoms with Crippen molar-refractivity contribution < 1.29 is 0 Å². The molecule has 0 saturated heterocycles. The van der Waals surface area contributed by atoms with E-state index < -0.39 is 0 Å². The highest BCUT2D eigenvalue weighted by Crippen LogP contribution is 2.37. The maximum Gasteiger partial charge on any atom is 0.0529 e. The van der Waals surface area contributed by atoms with Crippen molar-refractivity contribution in [3.05, 3.63) is 56.8 Å². The predicted molar refractivity (Wildman–Crippen MR) is 87.5 cm³/mol. The van der Waals surface area contributed by atoms with E-state index in [0.29, 0.717) is 4.83 Å². The van der Waals surface area contributed by atoms with Crippen molar-refractivity contribution in [3.63, 3.8) is 0 Å². The van der Waals surface area contributed by atoms with Crippen molar-refractivity contribution >= 4 is 27.3 Å². The molecule has 0 amide bonds. The molecule has 1 aliphatic rings. The van der Waals surface area contributed by atoms with Crippen molar-refractivity contribution in [1.82, 2.24) is 0 Å². The van der Waals surface area contributed by atoms with E-state index in [9.17, 15) is 0 Å². The molecule has 1 unspecified atom stereocenters. The van der Waals surface area contributed by atoms with E-state index in [1.165, 1.54) is 41.7 Å². The molecule has 2 aromatic rings. The molecule has 0 radical (unpaired) electrons. The summed E-state index contributed by atoms with van der Waals surface area (Å²) >= 11 is 5.90. The smallest absolute Gasteiger partial charge is 0.0529 e. The summed E-state index contributed by atoms with van der Waals surface area (Å²) in [4.78, 5) is 3.60. The van der Waals surface area contributed by atoms with Crippen molar-refractivity contribution in [3.8, 4) is 0 Å². The van der Waals surface area contributed by atoms with Gasteiger partial charge in [-0.25, -0.2) is 0 Å². The van der Waals surface area contributed by atoms with Gasteiger partial charge in [0.1, 0.15) is 0 Å². The Morgan fingerprint density at radius 2 is 1.89 bits per heavy atom. The van der Waals surface area contributed by atoms with Crippen LogP contribution in [0.4, 0.5) is 0 Å². The maximum atomic E-state index is 3.88. The maximum absolute atomic E-state index is 3.88. The van der Waals surface area contributed by atoms with Crippen LogP contribution in [0.5, 0.6) is 0 Å². The molecule has 1 heterocycles. The Kier molecular flexibility index (Phi) is 4.09. The van der Waals surface area contributed by atoms with Gasteiger partial charge < -0.3 is 0 Å². The molecule has 2 heteroatoms. The van der Waals surface area contributed by atoms with E-state index in [1.807, 2.05) is 11.3 Å². The van der Waals surface area contributed by atoms with E-state index in [-0.39, 0.29) is 0 Å². The molecule has 0 bridgehead atoms. The Morgan fingerprint density at radius 3 is 2.63 bits per heavy atom. The normalized spacial score (nSPS) is 16.1. The average Bonchev–Trinajstić information content (AvgIpc) is 2.85. The van der Waals surface area contributed by atoms with Gasteiger partial charge >= 0.3 is 0 Å². The Morgan fingerprint density at radius 1 is 1.16 bits per heavy atom. The second-order valence-corrected chi connectivity index (χ2v) is 7.74. The standard InChI is InChI=1S/C17H19BrS/c1-12-6-8-13(9-7-12)10-15(18)17-11-14-4-2-3-5-16(14)19-17/h6-9,11,15H,2-5,10H2,1H3. The molecule has 1 atom stereocenters. The van der Waals surface area contributed by atoms with Crippen molar-refractivity contribution in [2.75, 3.05) is 0 Å². The first-order chi connectivity index (χ1) is 9.22. The third-order valence-corrected chi connectivity index (χ3v) is 6.33. The molecule has 3 rings (SSSR count). The van der Waals surface area contributed by atoms with Gasteiger partial charge in [-0.15, -0.1) is 11.3 Å². The lowest BCUT2D eigenvalue weighted by atomic mass is 9.99. The predicted octanol–water partition coefficient (Wildman–Crippen LogP) is 5.61. The van der Waals surface area contributed by atoms with Crippen LogP contribution in [0.1, 0.15) is 44.1 Å². The zero-order valence-electron chi connectivity index (χ0n) is 11.3. The largest absolute Gasteiger partial charge is 0.144 e. The van der Waals surface area contributed by atoms with E-state index in [4.69, 9.17) is 0 Å². The highest BCUT2D eigenvalue weighted by molar-refractivity contribution is 9.09. The van der Waals surface area contributed by atoms with Crippen LogP contribution in [0.2, 0.25) is 0 Å². The van der Waals surface area contributed by atoms with Gasteiger partial charge in [0, 0.05) is 9.75 Å². The third kappa shape index (κ3) is 3.11. The fraction of sp³-hybridized carbons (Fsp3) is 0.412. The summed E-state index contributed by atoms with van der Waals surface area (Å²) in [5.74, 6) is 0. The van der Waals surface area contributed by atoms with Gasteiger partial charge in [-0.1, -0.05) is 45.8 Å². The van der Waals surface area contributed by atoms with Crippen LogP contribution >= 0.6 is 27.3 Å². The fourth-order valence-corrected chi connectivity index (χ4v) is 4.72. The molecule has 100 valence electrons. The number of hydrogen-bond donors (Lipinski definition) is 0. The van der Waals surface area contributed by atoms with Gasteiger partial charge in [-0.3, -0.25) is 0 Å². The van der Waals surface area contributed by atoms with Crippen LogP contribution in [0, 0.1) is 6.92 Å². The lowest BCUT2D eigenvalue weighted by molar-refractivity contribution is 0.697. The van der Waals surface area contributed by atoms with Crippen LogP contribution in [0.25, 0.3) is 0 Å². The highest BCUT2D eigenvalue weighted by Gasteiger charge is 2.17. The molecule has 0 aliphatic heterocycles. The molecule has 0 nitrogen and oxygen atoms in total. The van der Waals surface area contributed by atoms with Gasteiger partial charge in [0.2, 0.25) is 0 Å². The number of hydrogen-bond acceptors (Lipinski definition) is 1. The Balaban J connectivity index is 1.74. The topological polar surface area (TPSA) is 0 Å².